The van der Waals surface area contributed by atoms with Crippen molar-refractivity contribution in [2.45, 2.75) is 32.3 Å². The van der Waals surface area contributed by atoms with Crippen LogP contribution in [0.1, 0.15) is 36.5 Å². The van der Waals surface area contributed by atoms with Gasteiger partial charge in [-0.2, -0.15) is 0 Å². The molecule has 2 nitrogen and oxygen atoms in total. The highest BCUT2D eigenvalue weighted by atomic mass is 19.1. The molecule has 1 aliphatic heterocycles. The van der Waals surface area contributed by atoms with E-state index in [4.69, 9.17) is 4.74 Å². The lowest BCUT2D eigenvalue weighted by molar-refractivity contribution is 0.105. The minimum Gasteiger partial charge on any atom is -0.376 e. The molecule has 17 heavy (non-hydrogen) atoms. The monoisotopic (exact) mass is 233 g/mol. The van der Waals surface area contributed by atoms with E-state index < -0.39 is 0 Å². The van der Waals surface area contributed by atoms with Crippen LogP contribution < -0.4 is 0 Å². The van der Waals surface area contributed by atoms with E-state index in [-0.39, 0.29) is 11.9 Å². The normalized spacial score (nSPS) is 23.2. The first-order valence-corrected chi connectivity index (χ1v) is 6.10. The van der Waals surface area contributed by atoms with E-state index in [1.165, 1.54) is 24.6 Å². The van der Waals surface area contributed by atoms with E-state index in [2.05, 4.69) is 4.99 Å². The summed E-state index contributed by atoms with van der Waals surface area (Å²) in [4.78, 5) is 4.66. The fraction of sp³-hybridized carbons (Fsp3) is 0.500. The van der Waals surface area contributed by atoms with E-state index in [1.807, 2.05) is 6.92 Å². The van der Waals surface area contributed by atoms with Crippen molar-refractivity contribution in [3.05, 3.63) is 29.1 Å². The number of rotatable bonds is 2. The second-order valence-electron chi connectivity index (χ2n) is 4.93. The molecule has 0 unspecified atom stereocenters. The number of halogens is 1. The number of fused-ring (bicyclic) bond motifs is 1. The first-order chi connectivity index (χ1) is 8.20. The van der Waals surface area contributed by atoms with E-state index in [1.54, 1.807) is 13.2 Å². The topological polar surface area (TPSA) is 21.6 Å². The summed E-state index contributed by atoms with van der Waals surface area (Å²) in [6.45, 7) is 1.98. The minimum absolute atomic E-state index is 0.169. The summed E-state index contributed by atoms with van der Waals surface area (Å²) < 4.78 is 19.3. The molecule has 2 aliphatic rings. The van der Waals surface area contributed by atoms with Crippen molar-refractivity contribution in [2.24, 2.45) is 10.9 Å². The molecule has 0 saturated heterocycles. The maximum Gasteiger partial charge on any atom is 0.131 e. The molecule has 1 atom stereocenters. The van der Waals surface area contributed by atoms with Gasteiger partial charge in [0.2, 0.25) is 0 Å². The van der Waals surface area contributed by atoms with Gasteiger partial charge in [0, 0.05) is 24.8 Å². The Labute approximate surface area is 101 Å². The molecule has 1 heterocycles. The molecule has 0 N–H and O–H groups in total. The van der Waals surface area contributed by atoms with Crippen LogP contribution in [0.2, 0.25) is 0 Å². The van der Waals surface area contributed by atoms with Crippen LogP contribution >= 0.6 is 0 Å². The summed E-state index contributed by atoms with van der Waals surface area (Å²) >= 11 is 0. The number of ether oxygens (including phenoxy) is 1. The fourth-order valence-electron chi connectivity index (χ4n) is 2.50. The molecule has 0 aromatic heterocycles. The lowest BCUT2D eigenvalue weighted by Gasteiger charge is -2.25. The predicted molar refractivity (Wildman–Crippen MR) is 65.3 cm³/mol. The standard InChI is InChI=1S/C14H16FNO/c1-8-3-6-10(15)13-12(17-2)7-11(9-4-5-9)16-14(8)13/h3,6,9,12H,4-5,7H2,1-2H3/t12-/m0/s1. The van der Waals surface area contributed by atoms with Crippen LogP contribution in [0.5, 0.6) is 0 Å². The maximum absolute atomic E-state index is 13.9. The molecule has 1 aliphatic carbocycles. The number of methoxy groups -OCH3 is 1. The lowest BCUT2D eigenvalue weighted by atomic mass is 9.93. The Morgan fingerprint density at radius 2 is 2.12 bits per heavy atom. The van der Waals surface area contributed by atoms with Gasteiger partial charge < -0.3 is 4.74 Å². The van der Waals surface area contributed by atoms with E-state index in [0.717, 1.165) is 17.7 Å². The molecular weight excluding hydrogens is 217 g/mol. The summed E-state index contributed by atoms with van der Waals surface area (Å²) in [7, 11) is 1.64. The van der Waals surface area contributed by atoms with Crippen molar-refractivity contribution in [3.8, 4) is 0 Å². The number of aliphatic imine (C=N–C) groups is 1. The third-order valence-electron chi connectivity index (χ3n) is 3.67. The van der Waals surface area contributed by atoms with Crippen LogP contribution in [0.25, 0.3) is 0 Å². The zero-order valence-electron chi connectivity index (χ0n) is 10.2. The van der Waals surface area contributed by atoms with Gasteiger partial charge >= 0.3 is 0 Å². The molecule has 0 amide bonds. The molecular formula is C14H16FNO. The molecule has 3 rings (SSSR count). The third-order valence-corrected chi connectivity index (χ3v) is 3.67. The van der Waals surface area contributed by atoms with Gasteiger partial charge in [-0.25, -0.2) is 4.39 Å². The molecule has 0 spiro atoms. The second-order valence-corrected chi connectivity index (χ2v) is 4.93. The van der Waals surface area contributed by atoms with Crippen molar-refractivity contribution in [2.75, 3.05) is 7.11 Å². The average Bonchev–Trinajstić information content (AvgIpc) is 3.16. The van der Waals surface area contributed by atoms with Gasteiger partial charge in [0.05, 0.1) is 11.8 Å². The SMILES string of the molecule is CO[C@H]1CC(C2CC2)=Nc2c(C)ccc(F)c21. The molecule has 90 valence electrons. The third kappa shape index (κ3) is 1.78. The quantitative estimate of drug-likeness (QED) is 0.763. The van der Waals surface area contributed by atoms with E-state index in [0.29, 0.717) is 11.5 Å². The van der Waals surface area contributed by atoms with Crippen molar-refractivity contribution >= 4 is 11.4 Å². The van der Waals surface area contributed by atoms with Gasteiger partial charge in [0.1, 0.15) is 5.82 Å². The van der Waals surface area contributed by atoms with Gasteiger partial charge in [-0.05, 0) is 37.3 Å². The smallest absolute Gasteiger partial charge is 0.131 e. The summed E-state index contributed by atoms with van der Waals surface area (Å²) in [6, 6.07) is 3.30. The van der Waals surface area contributed by atoms with Gasteiger partial charge in [-0.15, -0.1) is 0 Å². The fourth-order valence-corrected chi connectivity index (χ4v) is 2.50. The van der Waals surface area contributed by atoms with Crippen LogP contribution in [0.15, 0.2) is 17.1 Å². The summed E-state index contributed by atoms with van der Waals surface area (Å²) in [5, 5.41) is 0. The molecule has 0 radical (unpaired) electrons. The van der Waals surface area contributed by atoms with Crippen molar-refractivity contribution in [1.29, 1.82) is 0 Å². The molecule has 0 bridgehead atoms. The van der Waals surface area contributed by atoms with Crippen molar-refractivity contribution in [3.63, 3.8) is 0 Å². The van der Waals surface area contributed by atoms with Crippen LogP contribution in [0.3, 0.4) is 0 Å². The Morgan fingerprint density at radius 3 is 2.76 bits per heavy atom. The van der Waals surface area contributed by atoms with Crippen molar-refractivity contribution < 1.29 is 9.13 Å². The predicted octanol–water partition coefficient (Wildman–Crippen LogP) is 3.71. The maximum atomic E-state index is 13.9. The number of aryl methyl sites for hydroxylation is 1. The van der Waals surface area contributed by atoms with Crippen LogP contribution in [-0.4, -0.2) is 12.8 Å². The Balaban J connectivity index is 2.14. The molecule has 3 heteroatoms. The molecule has 1 fully saturated rings. The van der Waals surface area contributed by atoms with Crippen LogP contribution in [0, 0.1) is 18.7 Å². The summed E-state index contributed by atoms with van der Waals surface area (Å²) in [5.41, 5.74) is 3.65. The van der Waals surface area contributed by atoms with Gasteiger partial charge in [0.15, 0.2) is 0 Å². The first kappa shape index (κ1) is 10.9. The highest BCUT2D eigenvalue weighted by Crippen LogP contribution is 2.44. The first-order valence-electron chi connectivity index (χ1n) is 6.10. The number of hydrogen-bond acceptors (Lipinski definition) is 2. The Hall–Kier alpha value is -1.22. The number of nitrogens with zero attached hydrogens (tertiary/aromatic N) is 1. The highest BCUT2D eigenvalue weighted by molar-refractivity contribution is 5.93. The number of hydrogen-bond donors (Lipinski definition) is 0. The molecule has 1 aromatic carbocycles. The van der Waals surface area contributed by atoms with Crippen LogP contribution in [0.4, 0.5) is 10.1 Å². The Kier molecular flexibility index (Phi) is 2.51. The van der Waals surface area contributed by atoms with Crippen molar-refractivity contribution in [1.82, 2.24) is 0 Å². The molecule has 1 saturated carbocycles. The number of benzene rings is 1. The highest BCUT2D eigenvalue weighted by Gasteiger charge is 2.34. The van der Waals surface area contributed by atoms with E-state index in [9.17, 15) is 4.39 Å². The average molecular weight is 233 g/mol. The largest absolute Gasteiger partial charge is 0.376 e. The van der Waals surface area contributed by atoms with Gasteiger partial charge in [0.25, 0.3) is 0 Å². The summed E-state index contributed by atoms with van der Waals surface area (Å²) in [5.74, 6) is 0.416. The second kappa shape index (κ2) is 3.91. The minimum atomic E-state index is -0.198. The van der Waals surface area contributed by atoms with Gasteiger partial charge in [-0.1, -0.05) is 6.07 Å². The lowest BCUT2D eigenvalue weighted by Crippen LogP contribution is -2.17. The zero-order valence-corrected chi connectivity index (χ0v) is 10.2. The van der Waals surface area contributed by atoms with Crippen LogP contribution in [-0.2, 0) is 4.74 Å². The molecule has 1 aromatic rings. The summed E-state index contributed by atoms with van der Waals surface area (Å²) in [6.07, 6.45) is 3.02. The Morgan fingerprint density at radius 1 is 1.35 bits per heavy atom. The van der Waals surface area contributed by atoms with Gasteiger partial charge in [-0.3, -0.25) is 4.99 Å². The zero-order chi connectivity index (χ0) is 12.0. The Bertz CT molecular complexity index is 491. The van der Waals surface area contributed by atoms with E-state index >= 15 is 0 Å².